The standard InChI is InChI=1S/C22H20N4O4S/c1-30-11-10-26(13-19-23-16-6-3-2-5-14(16)20(27)25-19)22(29)15-8-9-17(24-21(15)28)18-7-4-12-31-18/h2-9,12H,10-11,13H2,1H3,(H,24,28)(H,23,25,27). The lowest BCUT2D eigenvalue weighted by molar-refractivity contribution is 0.0673. The third kappa shape index (κ3) is 4.47. The largest absolute Gasteiger partial charge is 0.383 e. The van der Waals surface area contributed by atoms with E-state index in [0.717, 1.165) is 4.88 Å². The van der Waals surface area contributed by atoms with Gasteiger partial charge in [-0.15, -0.1) is 11.3 Å². The van der Waals surface area contributed by atoms with E-state index in [-0.39, 0.29) is 30.8 Å². The Bertz CT molecular complexity index is 1330. The molecule has 0 aliphatic heterocycles. The second kappa shape index (κ2) is 9.07. The van der Waals surface area contributed by atoms with E-state index < -0.39 is 11.5 Å². The van der Waals surface area contributed by atoms with Gasteiger partial charge in [0, 0.05) is 13.7 Å². The maximum atomic E-state index is 13.2. The first-order valence-electron chi connectivity index (χ1n) is 9.60. The molecule has 8 nitrogen and oxygen atoms in total. The Kier molecular flexibility index (Phi) is 6.06. The Morgan fingerprint density at radius 2 is 1.90 bits per heavy atom. The van der Waals surface area contributed by atoms with E-state index in [0.29, 0.717) is 22.4 Å². The molecule has 0 spiro atoms. The molecule has 9 heteroatoms. The van der Waals surface area contributed by atoms with Crippen LogP contribution in [0.1, 0.15) is 16.2 Å². The summed E-state index contributed by atoms with van der Waals surface area (Å²) in [6, 6.07) is 14.0. The van der Waals surface area contributed by atoms with Crippen LogP contribution in [-0.4, -0.2) is 46.0 Å². The lowest BCUT2D eigenvalue weighted by atomic mass is 10.2. The number of nitrogens with one attached hydrogen (secondary N) is 2. The van der Waals surface area contributed by atoms with Gasteiger partial charge in [-0.1, -0.05) is 18.2 Å². The summed E-state index contributed by atoms with van der Waals surface area (Å²) in [6.07, 6.45) is 0. The predicted molar refractivity (Wildman–Crippen MR) is 119 cm³/mol. The molecule has 0 aliphatic rings. The van der Waals surface area contributed by atoms with Crippen molar-refractivity contribution in [3.63, 3.8) is 0 Å². The molecule has 0 radical (unpaired) electrons. The number of fused-ring (bicyclic) bond motifs is 1. The van der Waals surface area contributed by atoms with Gasteiger partial charge >= 0.3 is 0 Å². The highest BCUT2D eigenvalue weighted by molar-refractivity contribution is 7.13. The van der Waals surface area contributed by atoms with Crippen LogP contribution < -0.4 is 11.1 Å². The number of aromatic amines is 2. The summed E-state index contributed by atoms with van der Waals surface area (Å²) in [4.78, 5) is 50.4. The minimum atomic E-state index is -0.474. The molecule has 3 heterocycles. The lowest BCUT2D eigenvalue weighted by Crippen LogP contribution is -2.37. The van der Waals surface area contributed by atoms with Crippen LogP contribution >= 0.6 is 11.3 Å². The highest BCUT2D eigenvalue weighted by Gasteiger charge is 2.21. The monoisotopic (exact) mass is 436 g/mol. The van der Waals surface area contributed by atoms with E-state index in [1.54, 1.807) is 30.3 Å². The number of methoxy groups -OCH3 is 1. The number of benzene rings is 1. The molecule has 1 amide bonds. The molecule has 0 saturated heterocycles. The number of thiophene rings is 1. The summed E-state index contributed by atoms with van der Waals surface area (Å²) < 4.78 is 5.12. The second-order valence-corrected chi connectivity index (χ2v) is 7.79. The molecule has 0 saturated carbocycles. The molecule has 0 unspecified atom stereocenters. The third-order valence-electron chi connectivity index (χ3n) is 4.78. The van der Waals surface area contributed by atoms with Crippen molar-refractivity contribution in [3.05, 3.63) is 86.0 Å². The fraction of sp³-hybridized carbons (Fsp3) is 0.182. The van der Waals surface area contributed by atoms with Crippen LogP contribution in [0.3, 0.4) is 0 Å². The summed E-state index contributed by atoms with van der Waals surface area (Å²) in [6.45, 7) is 0.543. The summed E-state index contributed by atoms with van der Waals surface area (Å²) in [5, 5.41) is 2.39. The average molecular weight is 436 g/mol. The van der Waals surface area contributed by atoms with Gasteiger partial charge in [-0.05, 0) is 35.7 Å². The number of H-pyrrole nitrogens is 2. The number of pyridine rings is 1. The highest BCUT2D eigenvalue weighted by atomic mass is 32.1. The second-order valence-electron chi connectivity index (χ2n) is 6.84. The van der Waals surface area contributed by atoms with Crippen molar-refractivity contribution in [2.24, 2.45) is 0 Å². The number of para-hydroxylation sites is 1. The van der Waals surface area contributed by atoms with Crippen molar-refractivity contribution in [2.75, 3.05) is 20.3 Å². The number of ether oxygens (including phenoxy) is 1. The smallest absolute Gasteiger partial charge is 0.261 e. The molecular weight excluding hydrogens is 416 g/mol. The molecule has 0 bridgehead atoms. The molecule has 158 valence electrons. The van der Waals surface area contributed by atoms with Crippen molar-refractivity contribution in [1.82, 2.24) is 19.9 Å². The van der Waals surface area contributed by atoms with E-state index in [9.17, 15) is 14.4 Å². The van der Waals surface area contributed by atoms with Gasteiger partial charge in [0.2, 0.25) is 0 Å². The number of nitrogens with zero attached hydrogens (tertiary/aromatic N) is 2. The van der Waals surface area contributed by atoms with E-state index in [1.807, 2.05) is 17.5 Å². The van der Waals surface area contributed by atoms with Crippen LogP contribution in [0.25, 0.3) is 21.5 Å². The number of aromatic nitrogens is 3. The quantitative estimate of drug-likeness (QED) is 0.463. The highest BCUT2D eigenvalue weighted by Crippen LogP contribution is 2.21. The normalized spacial score (nSPS) is 11.0. The van der Waals surface area contributed by atoms with E-state index in [2.05, 4.69) is 15.0 Å². The van der Waals surface area contributed by atoms with Gasteiger partial charge < -0.3 is 19.6 Å². The first-order chi connectivity index (χ1) is 15.1. The average Bonchev–Trinajstić information content (AvgIpc) is 3.31. The van der Waals surface area contributed by atoms with E-state index in [4.69, 9.17) is 4.74 Å². The zero-order chi connectivity index (χ0) is 21.8. The number of amides is 1. The van der Waals surface area contributed by atoms with Crippen LogP contribution in [-0.2, 0) is 11.3 Å². The maximum absolute atomic E-state index is 13.2. The predicted octanol–water partition coefficient (Wildman–Crippen LogP) is 2.63. The van der Waals surface area contributed by atoms with Crippen molar-refractivity contribution >= 4 is 28.1 Å². The Labute approximate surface area is 181 Å². The molecule has 2 N–H and O–H groups in total. The van der Waals surface area contributed by atoms with Crippen LogP contribution in [0.2, 0.25) is 0 Å². The fourth-order valence-corrected chi connectivity index (χ4v) is 3.94. The molecule has 31 heavy (non-hydrogen) atoms. The van der Waals surface area contributed by atoms with Crippen LogP contribution in [0.4, 0.5) is 0 Å². The minimum Gasteiger partial charge on any atom is -0.383 e. The van der Waals surface area contributed by atoms with Gasteiger partial charge in [-0.3, -0.25) is 14.4 Å². The molecule has 4 aromatic rings. The minimum absolute atomic E-state index is 0.0135. The number of carbonyl (C=O) groups excluding carboxylic acids is 1. The summed E-state index contributed by atoms with van der Waals surface area (Å²) in [7, 11) is 1.53. The zero-order valence-corrected chi connectivity index (χ0v) is 17.6. The number of hydrogen-bond donors (Lipinski definition) is 2. The number of hydrogen-bond acceptors (Lipinski definition) is 6. The molecule has 0 atom stereocenters. The van der Waals surface area contributed by atoms with E-state index >= 15 is 0 Å². The lowest BCUT2D eigenvalue weighted by Gasteiger charge is -2.21. The van der Waals surface area contributed by atoms with Crippen molar-refractivity contribution in [1.29, 1.82) is 0 Å². The van der Waals surface area contributed by atoms with Gasteiger partial charge in [0.05, 0.1) is 34.6 Å². The van der Waals surface area contributed by atoms with Gasteiger partial charge in [0.15, 0.2) is 0 Å². The zero-order valence-electron chi connectivity index (χ0n) is 16.8. The van der Waals surface area contributed by atoms with Crippen molar-refractivity contribution in [3.8, 4) is 10.6 Å². The Hall–Kier alpha value is -3.56. The fourth-order valence-electron chi connectivity index (χ4n) is 3.23. The summed E-state index contributed by atoms with van der Waals surface area (Å²) >= 11 is 1.50. The summed E-state index contributed by atoms with van der Waals surface area (Å²) in [5.41, 5.74) is 0.453. The molecular formula is C22H20N4O4S. The number of rotatable bonds is 7. The molecule has 4 rings (SSSR count). The molecule has 1 aromatic carbocycles. The van der Waals surface area contributed by atoms with E-state index in [1.165, 1.54) is 29.4 Å². The maximum Gasteiger partial charge on any atom is 0.261 e. The van der Waals surface area contributed by atoms with Crippen molar-refractivity contribution < 1.29 is 9.53 Å². The first kappa shape index (κ1) is 20.7. The number of carbonyl (C=O) groups is 1. The van der Waals surface area contributed by atoms with Crippen LogP contribution in [0, 0.1) is 0 Å². The molecule has 0 aliphatic carbocycles. The third-order valence-corrected chi connectivity index (χ3v) is 5.68. The summed E-state index contributed by atoms with van der Waals surface area (Å²) in [5.74, 6) is -0.133. The molecule has 3 aromatic heterocycles. The molecule has 0 fully saturated rings. The van der Waals surface area contributed by atoms with Crippen molar-refractivity contribution in [2.45, 2.75) is 6.54 Å². The first-order valence-corrected chi connectivity index (χ1v) is 10.5. The Morgan fingerprint density at radius 3 is 2.65 bits per heavy atom. The van der Waals surface area contributed by atoms with Gasteiger partial charge in [0.25, 0.3) is 17.0 Å². The van der Waals surface area contributed by atoms with Crippen LogP contribution in [0.5, 0.6) is 0 Å². The topological polar surface area (TPSA) is 108 Å². The van der Waals surface area contributed by atoms with Gasteiger partial charge in [0.1, 0.15) is 11.4 Å². The van der Waals surface area contributed by atoms with Gasteiger partial charge in [-0.25, -0.2) is 4.98 Å². The SMILES string of the molecule is COCCN(Cc1nc2ccccc2c(=O)[nH]1)C(=O)c1ccc(-c2cccs2)[nH]c1=O. The van der Waals surface area contributed by atoms with Gasteiger partial charge in [-0.2, -0.15) is 0 Å². The van der Waals surface area contributed by atoms with Crippen LogP contribution in [0.15, 0.2) is 63.5 Å². The Morgan fingerprint density at radius 1 is 1.06 bits per heavy atom. The Balaban J connectivity index is 1.64.